The zero-order chi connectivity index (χ0) is 13.8. The highest BCUT2D eigenvalue weighted by Gasteiger charge is 2.34. The van der Waals surface area contributed by atoms with Crippen LogP contribution in [0.5, 0.6) is 0 Å². The predicted molar refractivity (Wildman–Crippen MR) is 70.8 cm³/mol. The van der Waals surface area contributed by atoms with Crippen LogP contribution in [0.4, 0.5) is 0 Å². The summed E-state index contributed by atoms with van der Waals surface area (Å²) in [7, 11) is 0. The van der Waals surface area contributed by atoms with E-state index in [2.05, 4.69) is 0 Å². The van der Waals surface area contributed by atoms with Crippen molar-refractivity contribution >= 4 is 11.9 Å². The van der Waals surface area contributed by atoms with Crippen LogP contribution in [0.3, 0.4) is 0 Å². The number of hydrogen-bond donors (Lipinski definition) is 2. The van der Waals surface area contributed by atoms with Crippen molar-refractivity contribution in [1.82, 2.24) is 0 Å². The summed E-state index contributed by atoms with van der Waals surface area (Å²) < 4.78 is 0. The van der Waals surface area contributed by atoms with E-state index in [-0.39, 0.29) is 23.0 Å². The molecule has 0 heterocycles. The summed E-state index contributed by atoms with van der Waals surface area (Å²) >= 11 is 0. The highest BCUT2D eigenvalue weighted by atomic mass is 16.4. The Balaban J connectivity index is 2.36. The van der Waals surface area contributed by atoms with Gasteiger partial charge in [-0.25, -0.2) is 9.59 Å². The lowest BCUT2D eigenvalue weighted by atomic mass is 9.79. The van der Waals surface area contributed by atoms with E-state index in [0.29, 0.717) is 0 Å². The van der Waals surface area contributed by atoms with Crippen LogP contribution in [-0.2, 0) is 9.59 Å². The number of carbonyl (C=O) groups is 2. The number of rotatable bonds is 4. The van der Waals surface area contributed by atoms with Gasteiger partial charge in [0, 0.05) is 0 Å². The van der Waals surface area contributed by atoms with E-state index in [1.165, 1.54) is 0 Å². The third-order valence-corrected chi connectivity index (χ3v) is 4.53. The summed E-state index contributed by atoms with van der Waals surface area (Å²) in [5, 5.41) is 18.9. The maximum atomic E-state index is 11.6. The minimum Gasteiger partial charge on any atom is -0.478 e. The topological polar surface area (TPSA) is 74.6 Å². The molecule has 0 spiro atoms. The van der Waals surface area contributed by atoms with Gasteiger partial charge in [-0.1, -0.05) is 32.1 Å². The van der Waals surface area contributed by atoms with Crippen molar-refractivity contribution in [2.45, 2.75) is 57.8 Å². The molecule has 2 saturated carbocycles. The fraction of sp³-hybridized carbons (Fsp3) is 0.733. The molecule has 2 aliphatic carbocycles. The quantitative estimate of drug-likeness (QED) is 0.766. The van der Waals surface area contributed by atoms with Gasteiger partial charge < -0.3 is 10.2 Å². The Hall–Kier alpha value is -1.32. The maximum absolute atomic E-state index is 11.6. The van der Waals surface area contributed by atoms with Gasteiger partial charge in [0.1, 0.15) is 0 Å². The van der Waals surface area contributed by atoms with Gasteiger partial charge in [0.25, 0.3) is 0 Å². The molecule has 2 fully saturated rings. The fourth-order valence-corrected chi connectivity index (χ4v) is 3.63. The normalized spacial score (nSPS) is 23.2. The van der Waals surface area contributed by atoms with Crippen molar-refractivity contribution in [1.29, 1.82) is 0 Å². The summed E-state index contributed by atoms with van der Waals surface area (Å²) in [6.45, 7) is 0. The second kappa shape index (κ2) is 6.22. The minimum atomic E-state index is -1.02. The van der Waals surface area contributed by atoms with Crippen LogP contribution >= 0.6 is 0 Å². The number of carboxylic acid groups (broad SMARTS) is 2. The molecule has 0 bridgehead atoms. The van der Waals surface area contributed by atoms with Crippen molar-refractivity contribution in [2.24, 2.45) is 11.8 Å². The van der Waals surface area contributed by atoms with E-state index >= 15 is 0 Å². The van der Waals surface area contributed by atoms with Gasteiger partial charge in [-0.3, -0.25) is 0 Å². The van der Waals surface area contributed by atoms with Gasteiger partial charge in [0.2, 0.25) is 0 Å². The van der Waals surface area contributed by atoms with E-state index in [1.54, 1.807) is 0 Å². The van der Waals surface area contributed by atoms with Crippen LogP contribution in [0.15, 0.2) is 11.1 Å². The number of aliphatic carboxylic acids is 2. The smallest absolute Gasteiger partial charge is 0.332 e. The Morgan fingerprint density at radius 2 is 0.947 bits per heavy atom. The van der Waals surface area contributed by atoms with Crippen LogP contribution in [0.2, 0.25) is 0 Å². The lowest BCUT2D eigenvalue weighted by Crippen LogP contribution is -2.24. The first-order chi connectivity index (χ1) is 9.11. The van der Waals surface area contributed by atoms with E-state index < -0.39 is 11.9 Å². The summed E-state index contributed by atoms with van der Waals surface area (Å²) in [4.78, 5) is 23.1. The lowest BCUT2D eigenvalue weighted by molar-refractivity contribution is -0.137. The molecule has 4 nitrogen and oxygen atoms in total. The highest BCUT2D eigenvalue weighted by molar-refractivity contribution is 5.99. The van der Waals surface area contributed by atoms with Crippen molar-refractivity contribution in [3.63, 3.8) is 0 Å². The first kappa shape index (κ1) is 14.1. The lowest BCUT2D eigenvalue weighted by Gasteiger charge is -2.25. The first-order valence-electron chi connectivity index (χ1n) is 7.32. The van der Waals surface area contributed by atoms with Gasteiger partial charge in [-0.05, 0) is 37.5 Å². The third-order valence-electron chi connectivity index (χ3n) is 4.53. The Morgan fingerprint density at radius 1 is 0.632 bits per heavy atom. The molecule has 0 amide bonds. The average Bonchev–Trinajstić information content (AvgIpc) is 2.89. The molecule has 2 aliphatic rings. The Morgan fingerprint density at radius 3 is 1.26 bits per heavy atom. The standard InChI is InChI=1S/C15H22O4/c16-14(17)12(10-6-2-1-3-7-10)13(15(18)19)11-8-4-5-9-11/h10-11H,1-9H2,(H,16,17)(H,18,19). The third kappa shape index (κ3) is 3.17. The molecule has 2 rings (SSSR count). The zero-order valence-corrected chi connectivity index (χ0v) is 11.2. The summed E-state index contributed by atoms with van der Waals surface area (Å²) in [6.07, 6.45) is 8.48. The summed E-state index contributed by atoms with van der Waals surface area (Å²) in [6, 6.07) is 0. The zero-order valence-electron chi connectivity index (χ0n) is 11.2. The Bertz CT molecular complexity index is 385. The van der Waals surface area contributed by atoms with Crippen LogP contribution < -0.4 is 0 Å². The van der Waals surface area contributed by atoms with Gasteiger partial charge in [0.15, 0.2) is 0 Å². The molecule has 19 heavy (non-hydrogen) atoms. The molecule has 0 atom stereocenters. The highest BCUT2D eigenvalue weighted by Crippen LogP contribution is 2.38. The molecule has 0 aliphatic heterocycles. The SMILES string of the molecule is O=C(O)C(=C(C(=O)O)C1CCCC1)C1CCCCC1. The largest absolute Gasteiger partial charge is 0.478 e. The molecule has 0 radical (unpaired) electrons. The van der Waals surface area contributed by atoms with E-state index in [0.717, 1.165) is 57.8 Å². The average molecular weight is 266 g/mol. The molecule has 0 unspecified atom stereocenters. The second-order valence-electron chi connectivity index (χ2n) is 5.75. The van der Waals surface area contributed by atoms with Crippen LogP contribution in [0.25, 0.3) is 0 Å². The molecular weight excluding hydrogens is 244 g/mol. The molecule has 0 aromatic carbocycles. The molecule has 0 saturated heterocycles. The first-order valence-corrected chi connectivity index (χ1v) is 7.32. The molecule has 106 valence electrons. The van der Waals surface area contributed by atoms with Crippen LogP contribution in [-0.4, -0.2) is 22.2 Å². The van der Waals surface area contributed by atoms with Crippen molar-refractivity contribution in [3.8, 4) is 0 Å². The minimum absolute atomic E-state index is 0.0504. The molecule has 0 aromatic rings. The van der Waals surface area contributed by atoms with E-state index in [9.17, 15) is 19.8 Å². The van der Waals surface area contributed by atoms with Crippen molar-refractivity contribution < 1.29 is 19.8 Å². The summed E-state index contributed by atoms with van der Waals surface area (Å²) in [5.41, 5.74) is 0.413. The van der Waals surface area contributed by atoms with Crippen molar-refractivity contribution in [3.05, 3.63) is 11.1 Å². The second-order valence-corrected chi connectivity index (χ2v) is 5.75. The Kier molecular flexibility index (Phi) is 4.61. The molecule has 2 N–H and O–H groups in total. The fourth-order valence-electron chi connectivity index (χ4n) is 3.63. The molecule has 0 aromatic heterocycles. The monoisotopic (exact) mass is 266 g/mol. The van der Waals surface area contributed by atoms with E-state index in [4.69, 9.17) is 0 Å². The van der Waals surface area contributed by atoms with Crippen LogP contribution in [0, 0.1) is 11.8 Å². The Labute approximate surface area is 113 Å². The molecule has 4 heteroatoms. The van der Waals surface area contributed by atoms with Crippen LogP contribution in [0.1, 0.15) is 57.8 Å². The number of hydrogen-bond acceptors (Lipinski definition) is 2. The van der Waals surface area contributed by atoms with Crippen molar-refractivity contribution in [2.75, 3.05) is 0 Å². The van der Waals surface area contributed by atoms with Gasteiger partial charge in [-0.2, -0.15) is 0 Å². The van der Waals surface area contributed by atoms with Gasteiger partial charge in [-0.15, -0.1) is 0 Å². The number of carboxylic acids is 2. The van der Waals surface area contributed by atoms with Gasteiger partial charge in [0.05, 0.1) is 11.1 Å². The van der Waals surface area contributed by atoms with Gasteiger partial charge >= 0.3 is 11.9 Å². The molecular formula is C15H22O4. The maximum Gasteiger partial charge on any atom is 0.332 e. The summed E-state index contributed by atoms with van der Waals surface area (Å²) in [5.74, 6) is -2.14. The predicted octanol–water partition coefficient (Wildman–Crippen LogP) is 3.22. The van der Waals surface area contributed by atoms with E-state index in [1.807, 2.05) is 0 Å².